The van der Waals surface area contributed by atoms with E-state index in [-0.39, 0.29) is 11.6 Å². The summed E-state index contributed by atoms with van der Waals surface area (Å²) in [5, 5.41) is 28.2. The molecule has 3 rings (SSSR count). The summed E-state index contributed by atoms with van der Waals surface area (Å²) in [5.41, 5.74) is 3.91. The molecule has 1 N–H and O–H groups in total. The van der Waals surface area contributed by atoms with Crippen molar-refractivity contribution in [1.82, 2.24) is 4.57 Å². The van der Waals surface area contributed by atoms with Gasteiger partial charge < -0.3 is 9.67 Å². The fourth-order valence-corrected chi connectivity index (χ4v) is 3.80. The molecular formula is C23H17ClF3N3O. The monoisotopic (exact) mass is 443 g/mol. The first-order valence-electron chi connectivity index (χ1n) is 9.22. The minimum atomic E-state index is -4.84. The van der Waals surface area contributed by atoms with E-state index in [0.29, 0.717) is 27.9 Å². The highest BCUT2D eigenvalue weighted by molar-refractivity contribution is 6.31. The number of aromatic nitrogens is 1. The minimum Gasteiger partial charge on any atom is -0.379 e. The van der Waals surface area contributed by atoms with Crippen molar-refractivity contribution in [2.45, 2.75) is 32.7 Å². The number of nitriles is 2. The minimum absolute atomic E-state index is 0.175. The molecule has 2 aromatic carbocycles. The molecule has 3 aromatic rings. The molecule has 4 nitrogen and oxygen atoms in total. The van der Waals surface area contributed by atoms with Crippen LogP contribution in [0.1, 0.15) is 39.7 Å². The maximum absolute atomic E-state index is 13.0. The van der Waals surface area contributed by atoms with Gasteiger partial charge in [0.25, 0.3) is 0 Å². The van der Waals surface area contributed by atoms with Crippen LogP contribution in [-0.4, -0.2) is 15.8 Å². The number of halogens is 4. The fourth-order valence-electron chi connectivity index (χ4n) is 3.58. The smallest absolute Gasteiger partial charge is 0.379 e. The second kappa shape index (κ2) is 8.47. The van der Waals surface area contributed by atoms with Crippen molar-refractivity contribution >= 4 is 11.6 Å². The highest BCUT2D eigenvalue weighted by Gasteiger charge is 2.40. The molecule has 0 aliphatic rings. The number of hydrogen-bond acceptors (Lipinski definition) is 3. The van der Waals surface area contributed by atoms with Gasteiger partial charge in [0, 0.05) is 34.1 Å². The van der Waals surface area contributed by atoms with Gasteiger partial charge in [-0.2, -0.15) is 23.7 Å². The summed E-state index contributed by atoms with van der Waals surface area (Å²) in [6, 6.07) is 15.2. The van der Waals surface area contributed by atoms with Crippen molar-refractivity contribution in [1.29, 1.82) is 10.5 Å². The summed E-state index contributed by atoms with van der Waals surface area (Å²) in [6.07, 6.45) is -7.52. The van der Waals surface area contributed by atoms with Gasteiger partial charge in [0.15, 0.2) is 6.10 Å². The first-order valence-corrected chi connectivity index (χ1v) is 9.59. The third-order valence-corrected chi connectivity index (χ3v) is 5.55. The molecule has 0 radical (unpaired) electrons. The zero-order chi connectivity index (χ0) is 22.9. The Balaban J connectivity index is 2.06. The second-order valence-corrected chi connectivity index (χ2v) is 7.52. The van der Waals surface area contributed by atoms with Gasteiger partial charge in [0.1, 0.15) is 6.07 Å². The van der Waals surface area contributed by atoms with Crippen LogP contribution in [0.3, 0.4) is 0 Å². The molecule has 31 heavy (non-hydrogen) atoms. The highest BCUT2D eigenvalue weighted by atomic mass is 35.5. The van der Waals surface area contributed by atoms with E-state index in [1.807, 2.05) is 17.6 Å². The summed E-state index contributed by atoms with van der Waals surface area (Å²) >= 11 is 5.89. The van der Waals surface area contributed by atoms with Gasteiger partial charge in [-0.25, -0.2) is 0 Å². The number of benzene rings is 2. The van der Waals surface area contributed by atoms with E-state index in [9.17, 15) is 23.5 Å². The topological polar surface area (TPSA) is 72.7 Å². The van der Waals surface area contributed by atoms with E-state index < -0.39 is 17.8 Å². The lowest BCUT2D eigenvalue weighted by molar-refractivity contribution is -0.206. The lowest BCUT2D eigenvalue weighted by Gasteiger charge is -2.18. The van der Waals surface area contributed by atoms with Crippen LogP contribution in [0.4, 0.5) is 13.2 Å². The SMILES string of the molecule is Cc1c(C#N)c(-c2ccc(C#N)cc2)c(C)n1Cc1ccc(Cl)c(C(O)C(F)(F)F)c1. The Bertz CT molecular complexity index is 1220. The standard InChI is InChI=1S/C23H17ClF3N3O/c1-13-19(11-29)21(17-6-3-15(10-28)4-7-17)14(2)30(13)12-16-5-8-20(24)18(9-16)22(31)23(25,26)27/h3-9,22,31H,12H2,1-2H3. The van der Waals surface area contributed by atoms with Crippen LogP contribution >= 0.6 is 11.6 Å². The molecular weight excluding hydrogens is 427 g/mol. The number of rotatable bonds is 4. The van der Waals surface area contributed by atoms with Crippen LogP contribution in [0.15, 0.2) is 42.5 Å². The average molecular weight is 444 g/mol. The molecule has 1 heterocycles. The van der Waals surface area contributed by atoms with Gasteiger partial charge in [-0.3, -0.25) is 0 Å². The van der Waals surface area contributed by atoms with Crippen molar-refractivity contribution in [2.24, 2.45) is 0 Å². The molecule has 0 saturated carbocycles. The predicted molar refractivity (Wildman–Crippen MR) is 110 cm³/mol. The quantitative estimate of drug-likeness (QED) is 0.552. The Kier molecular flexibility index (Phi) is 6.13. The number of nitrogens with zero attached hydrogens (tertiary/aromatic N) is 3. The van der Waals surface area contributed by atoms with E-state index in [1.54, 1.807) is 37.3 Å². The van der Waals surface area contributed by atoms with Crippen LogP contribution in [0.2, 0.25) is 5.02 Å². The van der Waals surface area contributed by atoms with Crippen molar-refractivity contribution in [2.75, 3.05) is 0 Å². The van der Waals surface area contributed by atoms with Crippen molar-refractivity contribution in [3.8, 4) is 23.3 Å². The van der Waals surface area contributed by atoms with Crippen LogP contribution in [0.25, 0.3) is 11.1 Å². The zero-order valence-corrected chi connectivity index (χ0v) is 17.4. The molecule has 158 valence electrons. The number of aliphatic hydroxyl groups is 1. The average Bonchev–Trinajstić information content (AvgIpc) is 2.97. The summed E-state index contributed by atoms with van der Waals surface area (Å²) in [5.74, 6) is 0. The van der Waals surface area contributed by atoms with Crippen LogP contribution in [0.5, 0.6) is 0 Å². The maximum Gasteiger partial charge on any atom is 0.418 e. The first-order chi connectivity index (χ1) is 14.6. The van der Waals surface area contributed by atoms with Crippen LogP contribution in [-0.2, 0) is 6.54 Å². The molecule has 0 saturated heterocycles. The number of alkyl halides is 3. The van der Waals surface area contributed by atoms with E-state index >= 15 is 0 Å². The molecule has 1 aromatic heterocycles. The predicted octanol–water partition coefficient (Wildman–Crippen LogP) is 5.81. The van der Waals surface area contributed by atoms with Gasteiger partial charge in [-0.15, -0.1) is 0 Å². The lowest BCUT2D eigenvalue weighted by atomic mass is 10.0. The molecule has 0 bridgehead atoms. The van der Waals surface area contributed by atoms with Crippen molar-refractivity contribution in [3.63, 3.8) is 0 Å². The Labute approximate surface area is 182 Å². The molecule has 0 fully saturated rings. The summed E-state index contributed by atoms with van der Waals surface area (Å²) in [4.78, 5) is 0. The summed E-state index contributed by atoms with van der Waals surface area (Å²) in [7, 11) is 0. The molecule has 8 heteroatoms. The van der Waals surface area contributed by atoms with E-state index in [0.717, 1.165) is 11.3 Å². The lowest BCUT2D eigenvalue weighted by Crippen LogP contribution is -2.20. The van der Waals surface area contributed by atoms with Crippen molar-refractivity contribution in [3.05, 3.63) is 81.1 Å². The van der Waals surface area contributed by atoms with Gasteiger partial charge >= 0.3 is 6.18 Å². The van der Waals surface area contributed by atoms with Crippen LogP contribution < -0.4 is 0 Å². The zero-order valence-electron chi connectivity index (χ0n) is 16.6. The van der Waals surface area contributed by atoms with E-state index in [2.05, 4.69) is 6.07 Å². The van der Waals surface area contributed by atoms with Gasteiger partial charge in [-0.05, 0) is 49.2 Å². The molecule has 1 atom stereocenters. The highest BCUT2D eigenvalue weighted by Crippen LogP contribution is 2.37. The largest absolute Gasteiger partial charge is 0.418 e. The molecule has 0 spiro atoms. The summed E-state index contributed by atoms with van der Waals surface area (Å²) in [6.45, 7) is 3.78. The van der Waals surface area contributed by atoms with Gasteiger partial charge in [-0.1, -0.05) is 29.8 Å². The Hall–Kier alpha value is -3.26. The normalized spacial score (nSPS) is 12.3. The Morgan fingerprint density at radius 1 is 1.03 bits per heavy atom. The Morgan fingerprint density at radius 3 is 2.23 bits per heavy atom. The van der Waals surface area contributed by atoms with E-state index in [1.165, 1.54) is 12.1 Å². The molecule has 0 amide bonds. The first kappa shape index (κ1) is 22.4. The van der Waals surface area contributed by atoms with Gasteiger partial charge in [0.05, 0.1) is 17.2 Å². The van der Waals surface area contributed by atoms with Crippen molar-refractivity contribution < 1.29 is 18.3 Å². The third-order valence-electron chi connectivity index (χ3n) is 5.20. The molecule has 0 aliphatic carbocycles. The summed E-state index contributed by atoms with van der Waals surface area (Å²) < 4.78 is 40.8. The Morgan fingerprint density at radius 2 is 1.68 bits per heavy atom. The molecule has 0 aliphatic heterocycles. The number of aliphatic hydroxyl groups excluding tert-OH is 1. The fraction of sp³-hybridized carbons (Fsp3) is 0.217. The van der Waals surface area contributed by atoms with Gasteiger partial charge in [0.2, 0.25) is 0 Å². The third kappa shape index (κ3) is 4.29. The molecule has 1 unspecified atom stereocenters. The maximum atomic E-state index is 13.0. The number of hydrogen-bond donors (Lipinski definition) is 1. The van der Waals surface area contributed by atoms with E-state index in [4.69, 9.17) is 16.9 Å². The second-order valence-electron chi connectivity index (χ2n) is 7.11. The van der Waals surface area contributed by atoms with Crippen LogP contribution in [0, 0.1) is 36.5 Å².